The number of nitrogens with one attached hydrogen (secondary N) is 2. The maximum absolute atomic E-state index is 12.1. The van der Waals surface area contributed by atoms with Gasteiger partial charge in [0.1, 0.15) is 5.75 Å². The average molecular weight is 370 g/mol. The molecule has 0 radical (unpaired) electrons. The molecule has 0 aliphatic carbocycles. The van der Waals surface area contributed by atoms with Crippen LogP contribution in [0, 0.1) is 0 Å². The van der Waals surface area contributed by atoms with Gasteiger partial charge in [0.15, 0.2) is 0 Å². The number of carbonyl (C=O) groups excluding carboxylic acids is 2. The van der Waals surface area contributed by atoms with Crippen molar-refractivity contribution in [2.45, 2.75) is 19.4 Å². The minimum absolute atomic E-state index is 0.247. The van der Waals surface area contributed by atoms with Crippen molar-refractivity contribution in [2.75, 3.05) is 13.2 Å². The summed E-state index contributed by atoms with van der Waals surface area (Å²) in [6, 6.07) is 14.7. The van der Waals surface area contributed by atoms with Crippen LogP contribution in [0.25, 0.3) is 0 Å². The smallest absolute Gasteiger partial charge is 0.305 e. The fourth-order valence-electron chi connectivity index (χ4n) is 2.49. The van der Waals surface area contributed by atoms with E-state index in [0.29, 0.717) is 23.5 Å². The van der Waals surface area contributed by atoms with Gasteiger partial charge in [-0.15, -0.1) is 0 Å². The SMILES string of the molecule is CCOc1ccc(C(=O)NCC(=O)NC(CC(=O)O)c2ccccc2)cc1. The topological polar surface area (TPSA) is 105 Å². The largest absolute Gasteiger partial charge is 0.494 e. The molecule has 0 aromatic heterocycles. The number of hydrogen-bond donors (Lipinski definition) is 3. The second-order valence-corrected chi connectivity index (χ2v) is 5.77. The lowest BCUT2D eigenvalue weighted by atomic mass is 10.0. The number of aliphatic carboxylic acids is 1. The number of ether oxygens (including phenoxy) is 1. The summed E-state index contributed by atoms with van der Waals surface area (Å²) in [6.07, 6.45) is -0.247. The van der Waals surface area contributed by atoms with Crippen LogP contribution in [0.15, 0.2) is 54.6 Å². The lowest BCUT2D eigenvalue weighted by Crippen LogP contribution is -2.39. The number of amides is 2. The third-order valence-corrected chi connectivity index (χ3v) is 3.75. The molecule has 0 aliphatic heterocycles. The molecule has 0 bridgehead atoms. The molecule has 0 aliphatic rings. The molecule has 0 fully saturated rings. The van der Waals surface area contributed by atoms with E-state index in [9.17, 15) is 14.4 Å². The van der Waals surface area contributed by atoms with Crippen LogP contribution in [0.1, 0.15) is 35.3 Å². The normalized spacial score (nSPS) is 11.3. The van der Waals surface area contributed by atoms with Crippen molar-refractivity contribution in [3.05, 3.63) is 65.7 Å². The van der Waals surface area contributed by atoms with Crippen LogP contribution in [-0.4, -0.2) is 36.0 Å². The predicted molar refractivity (Wildman–Crippen MR) is 99.5 cm³/mol. The number of hydrogen-bond acceptors (Lipinski definition) is 4. The monoisotopic (exact) mass is 370 g/mol. The number of rotatable bonds is 9. The molecule has 142 valence electrons. The van der Waals surface area contributed by atoms with Gasteiger partial charge in [0.05, 0.1) is 25.6 Å². The Morgan fingerprint density at radius 3 is 2.30 bits per heavy atom. The second kappa shape index (κ2) is 9.96. The molecule has 0 spiro atoms. The number of carboxylic acids is 1. The highest BCUT2D eigenvalue weighted by atomic mass is 16.5. The minimum Gasteiger partial charge on any atom is -0.494 e. The van der Waals surface area contributed by atoms with Crippen LogP contribution in [0.4, 0.5) is 0 Å². The van der Waals surface area contributed by atoms with Crippen molar-refractivity contribution in [3.8, 4) is 5.75 Å². The van der Waals surface area contributed by atoms with Crippen molar-refractivity contribution in [1.29, 1.82) is 0 Å². The quantitative estimate of drug-likeness (QED) is 0.627. The first-order valence-corrected chi connectivity index (χ1v) is 8.56. The van der Waals surface area contributed by atoms with E-state index in [2.05, 4.69) is 10.6 Å². The van der Waals surface area contributed by atoms with Crippen molar-refractivity contribution < 1.29 is 24.2 Å². The zero-order chi connectivity index (χ0) is 19.6. The zero-order valence-electron chi connectivity index (χ0n) is 15.0. The standard InChI is InChI=1S/C20H22N2O5/c1-2-27-16-10-8-15(9-11-16)20(26)21-13-18(23)22-17(12-19(24)25)14-6-4-3-5-7-14/h3-11,17H,2,12-13H2,1H3,(H,21,26)(H,22,23)(H,24,25). The van der Waals surface area contributed by atoms with Crippen LogP contribution >= 0.6 is 0 Å². The first-order chi connectivity index (χ1) is 13.0. The molecule has 27 heavy (non-hydrogen) atoms. The van der Waals surface area contributed by atoms with Crippen LogP contribution in [0.3, 0.4) is 0 Å². The van der Waals surface area contributed by atoms with Gasteiger partial charge in [-0.3, -0.25) is 14.4 Å². The van der Waals surface area contributed by atoms with Gasteiger partial charge in [0, 0.05) is 5.56 Å². The molecule has 0 heterocycles. The highest BCUT2D eigenvalue weighted by Gasteiger charge is 2.18. The van der Waals surface area contributed by atoms with Gasteiger partial charge in [-0.05, 0) is 36.8 Å². The summed E-state index contributed by atoms with van der Waals surface area (Å²) in [5.41, 5.74) is 1.09. The summed E-state index contributed by atoms with van der Waals surface area (Å²) in [6.45, 7) is 2.14. The van der Waals surface area contributed by atoms with Crippen LogP contribution < -0.4 is 15.4 Å². The predicted octanol–water partition coefficient (Wildman–Crippen LogP) is 2.15. The summed E-state index contributed by atoms with van der Waals surface area (Å²) < 4.78 is 5.31. The van der Waals surface area contributed by atoms with E-state index in [1.54, 1.807) is 54.6 Å². The third-order valence-electron chi connectivity index (χ3n) is 3.75. The van der Waals surface area contributed by atoms with Crippen molar-refractivity contribution in [3.63, 3.8) is 0 Å². The molecule has 7 heteroatoms. The molecule has 0 saturated carbocycles. The van der Waals surface area contributed by atoms with Crippen LogP contribution in [0.5, 0.6) is 5.75 Å². The lowest BCUT2D eigenvalue weighted by molar-refractivity contribution is -0.137. The summed E-state index contributed by atoms with van der Waals surface area (Å²) in [5, 5.41) is 14.2. The summed E-state index contributed by atoms with van der Waals surface area (Å²) in [7, 11) is 0. The molecular formula is C20H22N2O5. The second-order valence-electron chi connectivity index (χ2n) is 5.77. The highest BCUT2D eigenvalue weighted by Crippen LogP contribution is 2.16. The Bertz CT molecular complexity index is 775. The van der Waals surface area contributed by atoms with Crippen LogP contribution in [0.2, 0.25) is 0 Å². The van der Waals surface area contributed by atoms with E-state index in [-0.39, 0.29) is 13.0 Å². The number of benzene rings is 2. The van der Waals surface area contributed by atoms with Gasteiger partial charge >= 0.3 is 5.97 Å². The summed E-state index contributed by atoms with van der Waals surface area (Å²) >= 11 is 0. The Labute approximate surface area is 157 Å². The first-order valence-electron chi connectivity index (χ1n) is 8.56. The van der Waals surface area contributed by atoms with Crippen molar-refractivity contribution in [2.24, 2.45) is 0 Å². The fraction of sp³-hybridized carbons (Fsp3) is 0.250. The Morgan fingerprint density at radius 2 is 1.70 bits per heavy atom. The maximum Gasteiger partial charge on any atom is 0.305 e. The molecule has 2 aromatic rings. The van der Waals surface area contributed by atoms with E-state index in [1.807, 2.05) is 6.92 Å². The van der Waals surface area contributed by atoms with Gasteiger partial charge in [-0.1, -0.05) is 30.3 Å². The van der Waals surface area contributed by atoms with Gasteiger partial charge in [0.2, 0.25) is 5.91 Å². The molecule has 2 aromatic carbocycles. The molecule has 0 saturated heterocycles. The van der Waals surface area contributed by atoms with E-state index < -0.39 is 23.8 Å². The molecule has 1 atom stereocenters. The summed E-state index contributed by atoms with van der Waals surface area (Å²) in [4.78, 5) is 35.3. The Hall–Kier alpha value is -3.35. The number of carboxylic acid groups (broad SMARTS) is 1. The van der Waals surface area contributed by atoms with E-state index in [4.69, 9.17) is 9.84 Å². The molecule has 7 nitrogen and oxygen atoms in total. The van der Waals surface area contributed by atoms with Crippen molar-refractivity contribution >= 4 is 17.8 Å². The van der Waals surface area contributed by atoms with Crippen molar-refractivity contribution in [1.82, 2.24) is 10.6 Å². The van der Waals surface area contributed by atoms with Gasteiger partial charge in [-0.25, -0.2) is 0 Å². The molecule has 2 amide bonds. The summed E-state index contributed by atoms with van der Waals surface area (Å²) in [5.74, 6) is -1.24. The fourth-order valence-corrected chi connectivity index (χ4v) is 2.49. The van der Waals surface area contributed by atoms with Gasteiger partial charge < -0.3 is 20.5 Å². The minimum atomic E-state index is -1.03. The first kappa shape index (κ1) is 20.0. The van der Waals surface area contributed by atoms with E-state index in [0.717, 1.165) is 0 Å². The zero-order valence-corrected chi connectivity index (χ0v) is 15.0. The van der Waals surface area contributed by atoms with E-state index in [1.165, 1.54) is 0 Å². The molecule has 2 rings (SSSR count). The Balaban J connectivity index is 1.91. The van der Waals surface area contributed by atoms with Gasteiger partial charge in [0.25, 0.3) is 5.91 Å². The molecule has 1 unspecified atom stereocenters. The molecule has 3 N–H and O–H groups in total. The molecular weight excluding hydrogens is 348 g/mol. The lowest BCUT2D eigenvalue weighted by Gasteiger charge is -2.17. The highest BCUT2D eigenvalue weighted by molar-refractivity contribution is 5.96. The Morgan fingerprint density at radius 1 is 1.04 bits per heavy atom. The number of carbonyl (C=O) groups is 3. The average Bonchev–Trinajstić information content (AvgIpc) is 2.67. The third kappa shape index (κ3) is 6.47. The maximum atomic E-state index is 12.1. The Kier molecular flexibility index (Phi) is 7.37. The van der Waals surface area contributed by atoms with Gasteiger partial charge in [-0.2, -0.15) is 0 Å². The van der Waals surface area contributed by atoms with Crippen LogP contribution in [-0.2, 0) is 9.59 Å². The van der Waals surface area contributed by atoms with E-state index >= 15 is 0 Å².